The van der Waals surface area contributed by atoms with Crippen LogP contribution in [0.15, 0.2) is 18.2 Å². The number of carbonyl (C=O) groups is 2. The third kappa shape index (κ3) is 2.81. The van der Waals surface area contributed by atoms with Crippen molar-refractivity contribution in [3.05, 3.63) is 34.9 Å². The standard InChI is InChI=1S/C11H11NO5/c1-16-9(12)6-3-7(10(13)14)5-8(4-6)11(15)17-2/h3-5,12H,1-2H3,(H,13,14). The first-order valence-electron chi connectivity index (χ1n) is 4.59. The predicted molar refractivity (Wildman–Crippen MR) is 58.6 cm³/mol. The van der Waals surface area contributed by atoms with Crippen molar-refractivity contribution in [1.82, 2.24) is 0 Å². The summed E-state index contributed by atoms with van der Waals surface area (Å²) in [6.07, 6.45) is 0. The number of carboxylic acids is 1. The molecule has 0 atom stereocenters. The molecule has 0 radical (unpaired) electrons. The van der Waals surface area contributed by atoms with Crippen molar-refractivity contribution < 1.29 is 24.2 Å². The first-order chi connectivity index (χ1) is 7.99. The first-order valence-corrected chi connectivity index (χ1v) is 4.59. The molecule has 0 aliphatic rings. The zero-order valence-electron chi connectivity index (χ0n) is 9.31. The normalized spacial score (nSPS) is 9.53. The van der Waals surface area contributed by atoms with Crippen molar-refractivity contribution in [3.63, 3.8) is 0 Å². The third-order valence-electron chi connectivity index (χ3n) is 2.07. The number of hydrogen-bond acceptors (Lipinski definition) is 5. The number of aromatic carboxylic acids is 1. The molecule has 0 bridgehead atoms. The molecule has 0 fully saturated rings. The smallest absolute Gasteiger partial charge is 0.337 e. The second-order valence-electron chi connectivity index (χ2n) is 3.13. The fraction of sp³-hybridized carbons (Fsp3) is 0.182. The molecule has 0 spiro atoms. The van der Waals surface area contributed by atoms with Crippen molar-refractivity contribution in [2.45, 2.75) is 0 Å². The lowest BCUT2D eigenvalue weighted by atomic mass is 10.1. The van der Waals surface area contributed by atoms with E-state index in [2.05, 4.69) is 9.47 Å². The molecular formula is C11H11NO5. The van der Waals surface area contributed by atoms with Gasteiger partial charge in [-0.25, -0.2) is 9.59 Å². The lowest BCUT2D eigenvalue weighted by Crippen LogP contribution is -2.09. The van der Waals surface area contributed by atoms with Gasteiger partial charge in [0.1, 0.15) is 0 Å². The molecular weight excluding hydrogens is 226 g/mol. The number of carboxylic acid groups (broad SMARTS) is 1. The van der Waals surface area contributed by atoms with Crippen molar-refractivity contribution in [2.24, 2.45) is 0 Å². The molecule has 2 N–H and O–H groups in total. The molecule has 17 heavy (non-hydrogen) atoms. The second kappa shape index (κ2) is 5.11. The third-order valence-corrected chi connectivity index (χ3v) is 2.07. The zero-order chi connectivity index (χ0) is 13.0. The number of nitrogens with one attached hydrogen (secondary N) is 1. The van der Waals surface area contributed by atoms with E-state index in [1.165, 1.54) is 32.4 Å². The van der Waals surface area contributed by atoms with E-state index in [0.29, 0.717) is 0 Å². The molecule has 1 aromatic rings. The Kier molecular flexibility index (Phi) is 3.82. The summed E-state index contributed by atoms with van der Waals surface area (Å²) >= 11 is 0. The molecule has 0 saturated heterocycles. The number of esters is 1. The average molecular weight is 237 g/mol. The van der Waals surface area contributed by atoms with Crippen LogP contribution in [0.4, 0.5) is 0 Å². The zero-order valence-corrected chi connectivity index (χ0v) is 9.31. The summed E-state index contributed by atoms with van der Waals surface area (Å²) in [5.41, 5.74) is 0.154. The topological polar surface area (TPSA) is 96.7 Å². The van der Waals surface area contributed by atoms with Gasteiger partial charge in [-0.1, -0.05) is 0 Å². The Morgan fingerprint density at radius 2 is 1.59 bits per heavy atom. The second-order valence-corrected chi connectivity index (χ2v) is 3.13. The van der Waals surface area contributed by atoms with E-state index < -0.39 is 11.9 Å². The Bertz CT molecular complexity index is 447. The van der Waals surface area contributed by atoms with Gasteiger partial charge in [-0.05, 0) is 18.2 Å². The number of carbonyl (C=O) groups excluding carboxylic acids is 1. The molecule has 1 aromatic carbocycles. The Hall–Kier alpha value is -2.37. The highest BCUT2D eigenvalue weighted by molar-refractivity contribution is 6.00. The van der Waals surface area contributed by atoms with E-state index in [9.17, 15) is 9.59 Å². The summed E-state index contributed by atoms with van der Waals surface area (Å²) in [6, 6.07) is 3.77. The fourth-order valence-electron chi connectivity index (χ4n) is 1.24. The van der Waals surface area contributed by atoms with Crippen molar-refractivity contribution in [3.8, 4) is 0 Å². The summed E-state index contributed by atoms with van der Waals surface area (Å²) < 4.78 is 9.17. The van der Waals surface area contributed by atoms with Crippen LogP contribution < -0.4 is 0 Å². The minimum Gasteiger partial charge on any atom is -0.481 e. The number of benzene rings is 1. The van der Waals surface area contributed by atoms with Crippen LogP contribution in [0.25, 0.3) is 0 Å². The van der Waals surface area contributed by atoms with Crippen molar-refractivity contribution in [2.75, 3.05) is 14.2 Å². The highest BCUT2D eigenvalue weighted by Gasteiger charge is 2.14. The van der Waals surface area contributed by atoms with Crippen LogP contribution in [-0.4, -0.2) is 37.2 Å². The van der Waals surface area contributed by atoms with E-state index >= 15 is 0 Å². The van der Waals surface area contributed by atoms with Gasteiger partial charge in [0, 0.05) is 5.56 Å². The maximum atomic E-state index is 11.3. The Balaban J connectivity index is 3.33. The van der Waals surface area contributed by atoms with Crippen molar-refractivity contribution in [1.29, 1.82) is 5.41 Å². The molecule has 0 unspecified atom stereocenters. The van der Waals surface area contributed by atoms with Crippen LogP contribution in [0.1, 0.15) is 26.3 Å². The van der Waals surface area contributed by atoms with Gasteiger partial charge < -0.3 is 14.6 Å². The Labute approximate surface area is 97.3 Å². The molecule has 0 aromatic heterocycles. The van der Waals surface area contributed by atoms with Gasteiger partial charge in [0.2, 0.25) is 5.90 Å². The molecule has 0 heterocycles. The van der Waals surface area contributed by atoms with Gasteiger partial charge in [-0.15, -0.1) is 0 Å². The lowest BCUT2D eigenvalue weighted by Gasteiger charge is -2.06. The quantitative estimate of drug-likeness (QED) is 0.467. The average Bonchev–Trinajstić information content (AvgIpc) is 2.36. The van der Waals surface area contributed by atoms with E-state index in [4.69, 9.17) is 10.5 Å². The first kappa shape index (κ1) is 12.7. The van der Waals surface area contributed by atoms with Gasteiger partial charge in [0.25, 0.3) is 0 Å². The Morgan fingerprint density at radius 3 is 2.06 bits per heavy atom. The number of ether oxygens (including phenoxy) is 2. The molecule has 0 aliphatic carbocycles. The van der Waals surface area contributed by atoms with Gasteiger partial charge in [-0.3, -0.25) is 5.41 Å². The van der Waals surface area contributed by atoms with Gasteiger partial charge in [0.05, 0.1) is 25.3 Å². The van der Waals surface area contributed by atoms with Gasteiger partial charge in [0.15, 0.2) is 0 Å². The van der Waals surface area contributed by atoms with E-state index in [0.717, 1.165) is 0 Å². The molecule has 6 nitrogen and oxygen atoms in total. The summed E-state index contributed by atoms with van der Waals surface area (Å²) in [5, 5.41) is 16.3. The lowest BCUT2D eigenvalue weighted by molar-refractivity contribution is 0.0600. The predicted octanol–water partition coefficient (Wildman–Crippen LogP) is 1.14. The largest absolute Gasteiger partial charge is 0.481 e. The highest BCUT2D eigenvalue weighted by Crippen LogP contribution is 2.12. The molecule has 0 amide bonds. The number of hydrogen-bond donors (Lipinski definition) is 2. The molecule has 1 rings (SSSR count). The van der Waals surface area contributed by atoms with Crippen LogP contribution in [0.2, 0.25) is 0 Å². The summed E-state index contributed by atoms with van der Waals surface area (Å²) in [7, 11) is 2.48. The van der Waals surface area contributed by atoms with Crippen LogP contribution in [0.5, 0.6) is 0 Å². The van der Waals surface area contributed by atoms with Crippen LogP contribution in [0, 0.1) is 5.41 Å². The minimum absolute atomic E-state index is 0.0594. The van der Waals surface area contributed by atoms with E-state index in [1.807, 2.05) is 0 Å². The molecule has 90 valence electrons. The Morgan fingerprint density at radius 1 is 1.06 bits per heavy atom. The SMILES string of the molecule is COC(=N)c1cc(C(=O)O)cc(C(=O)OC)c1. The summed E-state index contributed by atoms with van der Waals surface area (Å²) in [4.78, 5) is 22.2. The van der Waals surface area contributed by atoms with Crippen LogP contribution in [-0.2, 0) is 9.47 Å². The minimum atomic E-state index is -1.19. The van der Waals surface area contributed by atoms with Crippen molar-refractivity contribution >= 4 is 17.8 Å². The van der Waals surface area contributed by atoms with E-state index in [-0.39, 0.29) is 22.6 Å². The summed E-state index contributed by atoms with van der Waals surface area (Å²) in [6.45, 7) is 0. The van der Waals surface area contributed by atoms with Gasteiger partial charge >= 0.3 is 11.9 Å². The van der Waals surface area contributed by atoms with Crippen LogP contribution in [0.3, 0.4) is 0 Å². The number of methoxy groups -OCH3 is 2. The number of rotatable bonds is 3. The van der Waals surface area contributed by atoms with E-state index in [1.54, 1.807) is 0 Å². The molecule has 6 heteroatoms. The molecule has 0 saturated carbocycles. The maximum absolute atomic E-state index is 11.3. The highest BCUT2D eigenvalue weighted by atomic mass is 16.5. The summed E-state index contributed by atoms with van der Waals surface area (Å²) in [5.74, 6) is -2.09. The molecule has 0 aliphatic heterocycles. The van der Waals surface area contributed by atoms with Gasteiger partial charge in [-0.2, -0.15) is 0 Å². The maximum Gasteiger partial charge on any atom is 0.337 e. The monoisotopic (exact) mass is 237 g/mol. The fourth-order valence-corrected chi connectivity index (χ4v) is 1.24. The van der Waals surface area contributed by atoms with Crippen LogP contribution >= 0.6 is 0 Å².